The molecule has 0 bridgehead atoms. The molecule has 1 N–H and O–H groups in total. The third-order valence-corrected chi connectivity index (χ3v) is 4.38. The van der Waals surface area contributed by atoms with E-state index in [4.69, 9.17) is 0 Å². The molecule has 0 saturated carbocycles. The minimum Gasteiger partial charge on any atom is -0.481 e. The van der Waals surface area contributed by atoms with Crippen LogP contribution in [0.5, 0.6) is 0 Å². The van der Waals surface area contributed by atoms with Crippen molar-refractivity contribution in [3.63, 3.8) is 0 Å². The van der Waals surface area contributed by atoms with Crippen molar-refractivity contribution in [1.82, 2.24) is 4.90 Å². The molecular formula is C16H23NO2. The second-order valence-corrected chi connectivity index (χ2v) is 5.92. The van der Waals surface area contributed by atoms with Crippen LogP contribution in [0.15, 0.2) is 30.3 Å². The topological polar surface area (TPSA) is 40.5 Å². The second-order valence-electron chi connectivity index (χ2n) is 5.92. The van der Waals surface area contributed by atoms with Gasteiger partial charge < -0.3 is 5.11 Å². The molecule has 1 aromatic carbocycles. The summed E-state index contributed by atoms with van der Waals surface area (Å²) in [7, 11) is 0. The predicted molar refractivity (Wildman–Crippen MR) is 75.9 cm³/mol. The second kappa shape index (κ2) is 5.74. The fourth-order valence-electron chi connectivity index (χ4n) is 3.04. The number of rotatable bonds is 4. The lowest BCUT2D eigenvalue weighted by Gasteiger charge is -2.42. The van der Waals surface area contributed by atoms with E-state index in [2.05, 4.69) is 17.0 Å². The zero-order chi connectivity index (χ0) is 13.9. The van der Waals surface area contributed by atoms with Crippen LogP contribution in [0.1, 0.15) is 32.3 Å². The van der Waals surface area contributed by atoms with Gasteiger partial charge in [-0.15, -0.1) is 0 Å². The van der Waals surface area contributed by atoms with E-state index in [1.165, 1.54) is 5.56 Å². The maximum atomic E-state index is 11.7. The number of likely N-dealkylation sites (tertiary alicyclic amines) is 1. The molecule has 3 heteroatoms. The van der Waals surface area contributed by atoms with Gasteiger partial charge in [0.25, 0.3) is 0 Å². The van der Waals surface area contributed by atoms with E-state index in [-0.39, 0.29) is 5.92 Å². The summed E-state index contributed by atoms with van der Waals surface area (Å²) >= 11 is 0. The Morgan fingerprint density at radius 2 is 2.05 bits per heavy atom. The summed E-state index contributed by atoms with van der Waals surface area (Å²) < 4.78 is 0. The number of aliphatic carboxylic acids is 1. The molecule has 1 atom stereocenters. The van der Waals surface area contributed by atoms with Crippen LogP contribution in [0.2, 0.25) is 0 Å². The van der Waals surface area contributed by atoms with E-state index in [1.807, 2.05) is 32.0 Å². The SMILES string of the molecule is CC(C)C1(C(=O)O)CCCN(Cc2ccccc2)C1. The van der Waals surface area contributed by atoms with Gasteiger partial charge in [-0.2, -0.15) is 0 Å². The van der Waals surface area contributed by atoms with Crippen LogP contribution in [-0.2, 0) is 11.3 Å². The molecule has 3 nitrogen and oxygen atoms in total. The van der Waals surface area contributed by atoms with Crippen molar-refractivity contribution in [2.75, 3.05) is 13.1 Å². The first-order valence-electron chi connectivity index (χ1n) is 7.04. The Bertz CT molecular complexity index is 430. The van der Waals surface area contributed by atoms with E-state index in [9.17, 15) is 9.90 Å². The maximum absolute atomic E-state index is 11.7. The molecule has 1 heterocycles. The Labute approximate surface area is 115 Å². The van der Waals surface area contributed by atoms with Gasteiger partial charge >= 0.3 is 5.97 Å². The largest absolute Gasteiger partial charge is 0.481 e. The van der Waals surface area contributed by atoms with Gasteiger partial charge in [-0.3, -0.25) is 9.69 Å². The quantitative estimate of drug-likeness (QED) is 0.905. The number of carboxylic acid groups (broad SMARTS) is 1. The van der Waals surface area contributed by atoms with Gasteiger partial charge in [-0.1, -0.05) is 44.2 Å². The highest BCUT2D eigenvalue weighted by atomic mass is 16.4. The Morgan fingerprint density at radius 1 is 1.37 bits per heavy atom. The standard InChI is InChI=1S/C16H23NO2/c1-13(2)16(15(18)19)9-6-10-17(12-16)11-14-7-4-3-5-8-14/h3-5,7-8,13H,6,9-12H2,1-2H3,(H,18,19). The van der Waals surface area contributed by atoms with Crippen LogP contribution < -0.4 is 0 Å². The lowest BCUT2D eigenvalue weighted by atomic mass is 9.71. The average Bonchev–Trinajstić information content (AvgIpc) is 2.39. The van der Waals surface area contributed by atoms with Crippen LogP contribution in [0, 0.1) is 11.3 Å². The monoisotopic (exact) mass is 261 g/mol. The van der Waals surface area contributed by atoms with Crippen molar-refractivity contribution in [1.29, 1.82) is 0 Å². The number of carbonyl (C=O) groups is 1. The molecule has 104 valence electrons. The van der Waals surface area contributed by atoms with Crippen molar-refractivity contribution >= 4 is 5.97 Å². The van der Waals surface area contributed by atoms with E-state index < -0.39 is 11.4 Å². The Kier molecular flexibility index (Phi) is 4.25. The third-order valence-electron chi connectivity index (χ3n) is 4.38. The van der Waals surface area contributed by atoms with Gasteiger partial charge in [0.1, 0.15) is 0 Å². The van der Waals surface area contributed by atoms with Crippen molar-refractivity contribution < 1.29 is 9.90 Å². The summed E-state index contributed by atoms with van der Waals surface area (Å²) in [5.41, 5.74) is 0.681. The number of hydrogen-bond acceptors (Lipinski definition) is 2. The molecule has 0 aromatic heterocycles. The lowest BCUT2D eigenvalue weighted by Crippen LogP contribution is -2.50. The molecular weight excluding hydrogens is 238 g/mol. The van der Waals surface area contributed by atoms with E-state index in [0.29, 0.717) is 6.54 Å². The fourth-order valence-corrected chi connectivity index (χ4v) is 3.04. The first-order chi connectivity index (χ1) is 9.04. The molecule has 19 heavy (non-hydrogen) atoms. The molecule has 0 spiro atoms. The Morgan fingerprint density at radius 3 is 2.63 bits per heavy atom. The summed E-state index contributed by atoms with van der Waals surface area (Å²) in [6, 6.07) is 10.3. The number of nitrogens with zero attached hydrogens (tertiary/aromatic N) is 1. The van der Waals surface area contributed by atoms with Gasteiger partial charge in [-0.05, 0) is 30.9 Å². The molecule has 1 fully saturated rings. The number of hydrogen-bond donors (Lipinski definition) is 1. The molecule has 2 rings (SSSR count). The Balaban J connectivity index is 2.10. The molecule has 1 saturated heterocycles. The molecule has 0 radical (unpaired) electrons. The molecule has 1 unspecified atom stereocenters. The zero-order valence-corrected chi connectivity index (χ0v) is 11.8. The smallest absolute Gasteiger partial charge is 0.311 e. The molecule has 1 aromatic rings. The summed E-state index contributed by atoms with van der Waals surface area (Å²) in [5.74, 6) is -0.469. The molecule has 0 amide bonds. The first kappa shape index (κ1) is 14.1. The predicted octanol–water partition coefficient (Wildman–Crippen LogP) is 3.01. The van der Waals surface area contributed by atoms with E-state index in [0.717, 1.165) is 25.9 Å². The highest BCUT2D eigenvalue weighted by molar-refractivity contribution is 5.75. The highest BCUT2D eigenvalue weighted by Gasteiger charge is 2.44. The van der Waals surface area contributed by atoms with Crippen LogP contribution in [0.4, 0.5) is 0 Å². The maximum Gasteiger partial charge on any atom is 0.311 e. The first-order valence-corrected chi connectivity index (χ1v) is 7.04. The number of benzene rings is 1. The minimum atomic E-state index is -0.639. The lowest BCUT2D eigenvalue weighted by molar-refractivity contribution is -0.156. The summed E-state index contributed by atoms with van der Waals surface area (Å²) in [5, 5.41) is 9.62. The molecule has 1 aliphatic heterocycles. The van der Waals surface area contributed by atoms with Gasteiger partial charge in [-0.25, -0.2) is 0 Å². The van der Waals surface area contributed by atoms with Gasteiger partial charge in [0, 0.05) is 13.1 Å². The van der Waals surface area contributed by atoms with Crippen molar-refractivity contribution in [2.24, 2.45) is 11.3 Å². The minimum absolute atomic E-state index is 0.170. The normalized spacial score (nSPS) is 24.6. The Hall–Kier alpha value is -1.35. The molecule has 1 aliphatic rings. The number of carboxylic acids is 1. The van der Waals surface area contributed by atoms with Gasteiger partial charge in [0.2, 0.25) is 0 Å². The van der Waals surface area contributed by atoms with Crippen molar-refractivity contribution in [3.05, 3.63) is 35.9 Å². The molecule has 0 aliphatic carbocycles. The fraction of sp³-hybridized carbons (Fsp3) is 0.562. The van der Waals surface area contributed by atoms with Crippen LogP contribution in [0.3, 0.4) is 0 Å². The third kappa shape index (κ3) is 2.98. The average molecular weight is 261 g/mol. The van der Waals surface area contributed by atoms with Crippen molar-refractivity contribution in [2.45, 2.75) is 33.2 Å². The summed E-state index contributed by atoms with van der Waals surface area (Å²) in [4.78, 5) is 14.0. The van der Waals surface area contributed by atoms with Gasteiger partial charge in [0.05, 0.1) is 5.41 Å². The van der Waals surface area contributed by atoms with Gasteiger partial charge in [0.15, 0.2) is 0 Å². The summed E-state index contributed by atoms with van der Waals surface area (Å²) in [6.07, 6.45) is 1.77. The van der Waals surface area contributed by atoms with Crippen molar-refractivity contribution in [3.8, 4) is 0 Å². The van der Waals surface area contributed by atoms with Crippen LogP contribution in [0.25, 0.3) is 0 Å². The van der Waals surface area contributed by atoms with Crippen LogP contribution >= 0.6 is 0 Å². The highest BCUT2D eigenvalue weighted by Crippen LogP contribution is 2.38. The van der Waals surface area contributed by atoms with E-state index >= 15 is 0 Å². The van der Waals surface area contributed by atoms with Crippen LogP contribution in [-0.4, -0.2) is 29.1 Å². The van der Waals surface area contributed by atoms with E-state index in [1.54, 1.807) is 0 Å². The summed E-state index contributed by atoms with van der Waals surface area (Å²) in [6.45, 7) is 6.56. The number of piperidine rings is 1. The zero-order valence-electron chi connectivity index (χ0n) is 11.8.